The van der Waals surface area contributed by atoms with E-state index >= 15 is 0 Å². The highest BCUT2D eigenvalue weighted by Gasteiger charge is 2.44. The molecule has 0 aromatic heterocycles. The van der Waals surface area contributed by atoms with E-state index in [1.54, 1.807) is 0 Å². The summed E-state index contributed by atoms with van der Waals surface area (Å²) in [5.74, 6) is -10.6. The summed E-state index contributed by atoms with van der Waals surface area (Å²) in [5.41, 5.74) is -6.14. The number of ether oxygens (including phenoxy) is 2. The summed E-state index contributed by atoms with van der Waals surface area (Å²) in [5, 5.41) is 54.3. The zero-order chi connectivity index (χ0) is 22.1. The van der Waals surface area contributed by atoms with Crippen LogP contribution >= 0.6 is 0 Å². The first-order valence-electron chi connectivity index (χ1n) is 7.39. The number of carboxylic acids is 3. The summed E-state index contributed by atoms with van der Waals surface area (Å²) in [4.78, 5) is 67.2. The van der Waals surface area contributed by atoms with Crippen molar-refractivity contribution in [3.8, 4) is 0 Å². The van der Waals surface area contributed by atoms with Crippen LogP contribution in [-0.2, 0) is 38.2 Å². The molecule has 158 valence electrons. The molecule has 0 saturated carbocycles. The Hall–Kier alpha value is -3.10. The Balaban J connectivity index is 5.04. The lowest BCUT2D eigenvalue weighted by Gasteiger charge is -2.22. The molecule has 14 heteroatoms. The Morgan fingerprint density at radius 1 is 0.679 bits per heavy atom. The van der Waals surface area contributed by atoms with Gasteiger partial charge in [0, 0.05) is 0 Å². The molecule has 0 aliphatic carbocycles. The van der Waals surface area contributed by atoms with E-state index in [1.807, 2.05) is 0 Å². The predicted octanol–water partition coefficient (Wildman–Crippen LogP) is -3.13. The van der Waals surface area contributed by atoms with Crippen molar-refractivity contribution in [2.24, 2.45) is 0 Å². The van der Waals surface area contributed by atoms with Crippen LogP contribution in [0, 0.1) is 0 Å². The molecular formula is C14H18O14. The van der Waals surface area contributed by atoms with Crippen LogP contribution in [0.2, 0.25) is 0 Å². The fraction of sp³-hybridized carbons (Fsp3) is 0.571. The molecule has 0 spiro atoms. The van der Waals surface area contributed by atoms with Crippen LogP contribution in [0.3, 0.4) is 0 Å². The Labute approximate surface area is 155 Å². The number of aliphatic hydroxyl groups excluding tert-OH is 1. The van der Waals surface area contributed by atoms with Gasteiger partial charge in [-0.1, -0.05) is 0 Å². The molecule has 0 fully saturated rings. The van der Waals surface area contributed by atoms with Crippen molar-refractivity contribution in [2.75, 3.05) is 13.2 Å². The van der Waals surface area contributed by atoms with E-state index < -0.39 is 85.9 Å². The number of carboxylic acid groups (broad SMARTS) is 3. The second kappa shape index (κ2) is 10.3. The highest BCUT2D eigenvalue weighted by molar-refractivity contribution is 5.94. The quantitative estimate of drug-likeness (QED) is 0.138. The normalized spacial score (nSPS) is 14.8. The molecule has 0 heterocycles. The highest BCUT2D eigenvalue weighted by atomic mass is 16.6. The Bertz CT molecular complexity index is 654. The summed E-state index contributed by atoms with van der Waals surface area (Å²) >= 11 is 0. The highest BCUT2D eigenvalue weighted by Crippen LogP contribution is 2.20. The van der Waals surface area contributed by atoms with Crippen LogP contribution in [0.5, 0.6) is 0 Å². The molecule has 0 aliphatic heterocycles. The zero-order valence-corrected chi connectivity index (χ0v) is 14.2. The molecule has 6 N–H and O–H groups in total. The second-order valence-electron chi connectivity index (χ2n) is 5.56. The van der Waals surface area contributed by atoms with Crippen molar-refractivity contribution >= 4 is 35.8 Å². The van der Waals surface area contributed by atoms with E-state index in [9.17, 15) is 39.0 Å². The standard InChI is InChI=1S/C14H18O14/c15-1-2-27-8(18)4-14(26,12(23)24)6-10(20)28-9(19)5-13(25,11(21)22)3-7(16)17/h15,25-26H,1-6H2,(H,16,17)(H,21,22)(H,23,24). The number of carbonyl (C=O) groups is 6. The van der Waals surface area contributed by atoms with Gasteiger partial charge in [-0.05, 0) is 0 Å². The van der Waals surface area contributed by atoms with E-state index in [2.05, 4.69) is 9.47 Å². The van der Waals surface area contributed by atoms with E-state index in [4.69, 9.17) is 20.4 Å². The zero-order valence-electron chi connectivity index (χ0n) is 14.2. The van der Waals surface area contributed by atoms with E-state index in [0.717, 1.165) is 0 Å². The summed E-state index contributed by atoms with van der Waals surface area (Å²) in [6.07, 6.45) is -5.55. The van der Waals surface area contributed by atoms with Crippen molar-refractivity contribution in [2.45, 2.75) is 36.9 Å². The smallest absolute Gasteiger partial charge is 0.336 e. The summed E-state index contributed by atoms with van der Waals surface area (Å²) in [7, 11) is 0. The predicted molar refractivity (Wildman–Crippen MR) is 80.4 cm³/mol. The minimum absolute atomic E-state index is 0.505. The van der Waals surface area contributed by atoms with Gasteiger partial charge in [-0.15, -0.1) is 0 Å². The van der Waals surface area contributed by atoms with Gasteiger partial charge in [0.1, 0.15) is 6.61 Å². The molecule has 0 saturated heterocycles. The fourth-order valence-corrected chi connectivity index (χ4v) is 1.80. The van der Waals surface area contributed by atoms with Crippen molar-refractivity contribution in [3.63, 3.8) is 0 Å². The van der Waals surface area contributed by atoms with Gasteiger partial charge in [-0.2, -0.15) is 0 Å². The van der Waals surface area contributed by atoms with E-state index in [1.165, 1.54) is 0 Å². The van der Waals surface area contributed by atoms with Crippen molar-refractivity contribution in [1.29, 1.82) is 0 Å². The van der Waals surface area contributed by atoms with E-state index in [0.29, 0.717) is 0 Å². The lowest BCUT2D eigenvalue weighted by atomic mass is 9.95. The molecule has 0 aliphatic rings. The van der Waals surface area contributed by atoms with Gasteiger partial charge in [-0.25, -0.2) is 9.59 Å². The molecule has 0 aromatic rings. The molecule has 0 rings (SSSR count). The van der Waals surface area contributed by atoms with Crippen LogP contribution < -0.4 is 0 Å². The maximum atomic E-state index is 11.6. The number of rotatable bonds is 12. The second-order valence-corrected chi connectivity index (χ2v) is 5.56. The van der Waals surface area contributed by atoms with Crippen LogP contribution in [0.1, 0.15) is 25.7 Å². The third-order valence-electron chi connectivity index (χ3n) is 3.13. The maximum Gasteiger partial charge on any atom is 0.336 e. The van der Waals surface area contributed by atoms with Gasteiger partial charge in [0.2, 0.25) is 0 Å². The van der Waals surface area contributed by atoms with Gasteiger partial charge in [0.15, 0.2) is 11.2 Å². The average molecular weight is 410 g/mol. The lowest BCUT2D eigenvalue weighted by molar-refractivity contribution is -0.179. The molecule has 0 aromatic carbocycles. The minimum Gasteiger partial charge on any atom is -0.481 e. The molecule has 2 unspecified atom stereocenters. The third-order valence-corrected chi connectivity index (χ3v) is 3.13. The van der Waals surface area contributed by atoms with Gasteiger partial charge in [0.05, 0.1) is 32.3 Å². The Morgan fingerprint density at radius 2 is 1.07 bits per heavy atom. The van der Waals surface area contributed by atoms with Crippen molar-refractivity contribution < 1.29 is 68.9 Å². The fourth-order valence-electron chi connectivity index (χ4n) is 1.80. The van der Waals surface area contributed by atoms with Gasteiger partial charge in [0.25, 0.3) is 0 Å². The van der Waals surface area contributed by atoms with Crippen LogP contribution in [0.4, 0.5) is 0 Å². The Morgan fingerprint density at radius 3 is 1.43 bits per heavy atom. The molecule has 0 bridgehead atoms. The van der Waals surface area contributed by atoms with E-state index in [-0.39, 0.29) is 0 Å². The SMILES string of the molecule is O=C(O)CC(O)(CC(=O)OC(=O)CC(O)(CC(=O)OCCO)C(=O)O)C(=O)O. The Kier molecular flexibility index (Phi) is 9.15. The van der Waals surface area contributed by atoms with Crippen LogP contribution in [0.25, 0.3) is 0 Å². The van der Waals surface area contributed by atoms with Crippen molar-refractivity contribution in [3.05, 3.63) is 0 Å². The van der Waals surface area contributed by atoms with Crippen LogP contribution in [-0.4, -0.2) is 90.9 Å². The maximum absolute atomic E-state index is 11.6. The van der Waals surface area contributed by atoms with Crippen molar-refractivity contribution in [1.82, 2.24) is 0 Å². The molecule has 2 atom stereocenters. The number of hydrogen-bond donors (Lipinski definition) is 6. The number of carbonyl (C=O) groups excluding carboxylic acids is 3. The topological polar surface area (TPSA) is 242 Å². The van der Waals surface area contributed by atoms with Gasteiger partial charge >= 0.3 is 35.8 Å². The molecule has 0 amide bonds. The average Bonchev–Trinajstić information content (AvgIpc) is 2.50. The largest absolute Gasteiger partial charge is 0.481 e. The lowest BCUT2D eigenvalue weighted by Crippen LogP contribution is -2.45. The summed E-state index contributed by atoms with van der Waals surface area (Å²) in [6.45, 7) is -1.09. The van der Waals surface area contributed by atoms with Crippen LogP contribution in [0.15, 0.2) is 0 Å². The number of hydrogen-bond acceptors (Lipinski definition) is 11. The summed E-state index contributed by atoms with van der Waals surface area (Å²) in [6, 6.07) is 0. The number of esters is 3. The molecule has 28 heavy (non-hydrogen) atoms. The first kappa shape index (κ1) is 24.9. The number of aliphatic carboxylic acids is 3. The van der Waals surface area contributed by atoms with Gasteiger partial charge < -0.3 is 40.1 Å². The van der Waals surface area contributed by atoms with Gasteiger partial charge in [-0.3, -0.25) is 19.2 Å². The molecular weight excluding hydrogens is 392 g/mol. The number of aliphatic hydroxyl groups is 3. The minimum atomic E-state index is -3.10. The first-order valence-corrected chi connectivity index (χ1v) is 7.39. The monoisotopic (exact) mass is 410 g/mol. The summed E-state index contributed by atoms with van der Waals surface area (Å²) < 4.78 is 8.42. The molecule has 0 radical (unpaired) electrons. The third kappa shape index (κ3) is 8.07. The first-order chi connectivity index (χ1) is 12.8. The molecule has 14 nitrogen and oxygen atoms in total.